The van der Waals surface area contributed by atoms with Crippen LogP contribution < -0.4 is 24.3 Å². The summed E-state index contributed by atoms with van der Waals surface area (Å²) < 4.78 is 34.7. The van der Waals surface area contributed by atoms with Gasteiger partial charge in [-0.15, -0.1) is 0 Å². The van der Waals surface area contributed by atoms with Gasteiger partial charge < -0.3 is 33.7 Å². The number of carbonyl (C=O) groups is 2. The van der Waals surface area contributed by atoms with Crippen molar-refractivity contribution in [1.29, 1.82) is 0 Å². The molecule has 1 atom stereocenters. The zero-order chi connectivity index (χ0) is 38.4. The molecule has 1 unspecified atom stereocenters. The summed E-state index contributed by atoms with van der Waals surface area (Å²) in [6, 6.07) is 30.4. The predicted molar refractivity (Wildman–Crippen MR) is 205 cm³/mol. The highest BCUT2D eigenvalue weighted by Crippen LogP contribution is 2.27. The molecule has 0 saturated heterocycles. The van der Waals surface area contributed by atoms with Crippen molar-refractivity contribution in [2.75, 3.05) is 20.8 Å². The number of hydrogen-bond acceptors (Lipinski definition) is 9. The number of alkyl carbamates (subject to hydrolysis) is 1. The minimum atomic E-state index is -0.953. The maximum absolute atomic E-state index is 13.5. The number of methoxy groups -OCH3 is 2. The van der Waals surface area contributed by atoms with Crippen LogP contribution in [0.25, 0.3) is 0 Å². The van der Waals surface area contributed by atoms with Gasteiger partial charge in [0, 0.05) is 30.8 Å². The number of para-hydroxylation sites is 2. The van der Waals surface area contributed by atoms with E-state index in [0.717, 1.165) is 45.3 Å². The normalized spacial score (nSPS) is 12.1. The first-order chi connectivity index (χ1) is 25.2. The Hall–Kier alpha value is -5.22. The summed E-state index contributed by atoms with van der Waals surface area (Å²) in [5.41, 5.74) is 2.39. The smallest absolute Gasteiger partial charge is 0.408 e. The molecule has 10 heteroatoms. The topological polar surface area (TPSA) is 105 Å². The van der Waals surface area contributed by atoms with E-state index in [1.165, 1.54) is 0 Å². The van der Waals surface area contributed by atoms with Gasteiger partial charge >= 0.3 is 12.1 Å². The Labute approximate surface area is 314 Å². The molecule has 0 aliphatic rings. The van der Waals surface area contributed by atoms with Gasteiger partial charge in [-0.3, -0.25) is 4.90 Å². The standard InChI is InChI=1S/C43H54N2O8/c1-42(2,3)52-40(46)37(44-41(47)53-43(4,5)6)23-24-45(27-33-17-9-11-21-38(33)50-29-31-15-13-19-35(25-31)48-7)28-34-18-10-12-22-39(34)51-30-32-16-14-20-36(26-32)49-8/h9-22,25-26,37H,23-24,27-30H2,1-8H3,(H,44,47). The van der Waals surface area contributed by atoms with Crippen LogP contribution in [0, 0.1) is 0 Å². The minimum absolute atomic E-state index is 0.258. The van der Waals surface area contributed by atoms with Crippen molar-refractivity contribution in [3.05, 3.63) is 119 Å². The molecule has 0 aliphatic carbocycles. The molecule has 4 aromatic carbocycles. The quantitative estimate of drug-likeness (QED) is 0.107. The fourth-order valence-corrected chi connectivity index (χ4v) is 5.48. The second-order valence-corrected chi connectivity index (χ2v) is 14.7. The van der Waals surface area contributed by atoms with Crippen LogP contribution in [-0.2, 0) is 40.6 Å². The number of benzene rings is 4. The fraction of sp³-hybridized carbons (Fsp3) is 0.395. The molecule has 1 amide bonds. The molecule has 0 bridgehead atoms. The summed E-state index contributed by atoms with van der Waals surface area (Å²) in [7, 11) is 3.28. The first-order valence-electron chi connectivity index (χ1n) is 17.8. The molecule has 0 spiro atoms. The largest absolute Gasteiger partial charge is 0.497 e. The van der Waals surface area contributed by atoms with Gasteiger partial charge in [0.25, 0.3) is 0 Å². The zero-order valence-corrected chi connectivity index (χ0v) is 32.3. The lowest BCUT2D eigenvalue weighted by molar-refractivity contribution is -0.157. The number of ether oxygens (including phenoxy) is 6. The number of nitrogens with zero attached hydrogens (tertiary/aromatic N) is 1. The van der Waals surface area contributed by atoms with Gasteiger partial charge in [-0.2, -0.15) is 0 Å². The highest BCUT2D eigenvalue weighted by atomic mass is 16.6. The van der Waals surface area contributed by atoms with Crippen LogP contribution in [0.1, 0.15) is 70.2 Å². The molecule has 1 N–H and O–H groups in total. The molecule has 0 heterocycles. The Morgan fingerprint density at radius 3 is 1.57 bits per heavy atom. The second-order valence-electron chi connectivity index (χ2n) is 14.7. The van der Waals surface area contributed by atoms with Gasteiger partial charge in [-0.05, 0) is 95.5 Å². The van der Waals surface area contributed by atoms with Gasteiger partial charge in [0.2, 0.25) is 0 Å². The van der Waals surface area contributed by atoms with E-state index in [0.29, 0.717) is 32.8 Å². The van der Waals surface area contributed by atoms with E-state index in [9.17, 15) is 9.59 Å². The maximum Gasteiger partial charge on any atom is 0.408 e. The van der Waals surface area contributed by atoms with E-state index < -0.39 is 29.3 Å². The first kappa shape index (κ1) is 40.5. The number of amides is 1. The third-order valence-corrected chi connectivity index (χ3v) is 7.91. The van der Waals surface area contributed by atoms with Crippen LogP contribution in [0.15, 0.2) is 97.1 Å². The predicted octanol–water partition coefficient (Wildman–Crippen LogP) is 8.49. The molecule has 284 valence electrons. The third kappa shape index (κ3) is 14.0. The van der Waals surface area contributed by atoms with Gasteiger partial charge in [0.15, 0.2) is 0 Å². The van der Waals surface area contributed by atoms with Crippen LogP contribution in [0.4, 0.5) is 4.79 Å². The molecule has 0 aliphatic heterocycles. The molecule has 4 rings (SSSR count). The summed E-state index contributed by atoms with van der Waals surface area (Å²) in [6.45, 7) is 12.8. The molecular formula is C43H54N2O8. The van der Waals surface area contributed by atoms with Crippen LogP contribution >= 0.6 is 0 Å². The molecular weight excluding hydrogens is 672 g/mol. The summed E-state index contributed by atoms with van der Waals surface area (Å²) >= 11 is 0. The van der Waals surface area contributed by atoms with E-state index in [-0.39, 0.29) is 6.42 Å². The van der Waals surface area contributed by atoms with Crippen molar-refractivity contribution in [3.63, 3.8) is 0 Å². The lowest BCUT2D eigenvalue weighted by Gasteiger charge is -2.29. The minimum Gasteiger partial charge on any atom is -0.497 e. The average Bonchev–Trinajstić information content (AvgIpc) is 3.11. The number of nitrogens with one attached hydrogen (secondary N) is 1. The van der Waals surface area contributed by atoms with E-state index in [4.69, 9.17) is 28.4 Å². The Kier molecular flexibility index (Phi) is 14.6. The van der Waals surface area contributed by atoms with Crippen molar-refractivity contribution in [3.8, 4) is 23.0 Å². The van der Waals surface area contributed by atoms with Gasteiger partial charge in [0.05, 0.1) is 14.2 Å². The molecule has 0 saturated carbocycles. The second kappa shape index (κ2) is 19.0. The van der Waals surface area contributed by atoms with Crippen molar-refractivity contribution < 1.29 is 38.0 Å². The number of esters is 1. The van der Waals surface area contributed by atoms with Gasteiger partial charge in [-0.25, -0.2) is 9.59 Å². The molecule has 10 nitrogen and oxygen atoms in total. The SMILES string of the molecule is COc1cccc(COc2ccccc2CN(CCC(NC(=O)OC(C)(C)C)C(=O)OC(C)(C)C)Cc2ccccc2OCc2cccc(OC)c2)c1. The Morgan fingerprint density at radius 2 is 1.11 bits per heavy atom. The van der Waals surface area contributed by atoms with Crippen molar-refractivity contribution in [1.82, 2.24) is 10.2 Å². The average molecular weight is 727 g/mol. The van der Waals surface area contributed by atoms with Gasteiger partial charge in [-0.1, -0.05) is 60.7 Å². The summed E-state index contributed by atoms with van der Waals surface area (Å²) in [5.74, 6) is 2.46. The highest BCUT2D eigenvalue weighted by molar-refractivity contribution is 5.81. The van der Waals surface area contributed by atoms with Crippen molar-refractivity contribution >= 4 is 12.1 Å². The summed E-state index contributed by atoms with van der Waals surface area (Å²) in [5, 5.41) is 2.77. The van der Waals surface area contributed by atoms with E-state index in [1.54, 1.807) is 55.8 Å². The van der Waals surface area contributed by atoms with E-state index in [2.05, 4.69) is 10.2 Å². The fourth-order valence-electron chi connectivity index (χ4n) is 5.48. The number of hydrogen-bond donors (Lipinski definition) is 1. The Morgan fingerprint density at radius 1 is 0.642 bits per heavy atom. The number of rotatable bonds is 17. The zero-order valence-electron chi connectivity index (χ0n) is 32.3. The van der Waals surface area contributed by atoms with Crippen LogP contribution in [0.2, 0.25) is 0 Å². The van der Waals surface area contributed by atoms with Crippen LogP contribution in [0.5, 0.6) is 23.0 Å². The molecule has 0 radical (unpaired) electrons. The third-order valence-electron chi connectivity index (χ3n) is 7.91. The number of carbonyl (C=O) groups excluding carboxylic acids is 2. The molecule has 0 aromatic heterocycles. The Balaban J connectivity index is 1.60. The molecule has 0 fully saturated rings. The van der Waals surface area contributed by atoms with Crippen LogP contribution in [-0.4, -0.2) is 55.0 Å². The monoisotopic (exact) mass is 726 g/mol. The lowest BCUT2D eigenvalue weighted by Crippen LogP contribution is -2.47. The Bertz CT molecular complexity index is 1680. The highest BCUT2D eigenvalue weighted by Gasteiger charge is 2.29. The molecule has 4 aromatic rings. The lowest BCUT2D eigenvalue weighted by atomic mass is 10.1. The van der Waals surface area contributed by atoms with Crippen molar-refractivity contribution in [2.24, 2.45) is 0 Å². The van der Waals surface area contributed by atoms with Crippen LogP contribution in [0.3, 0.4) is 0 Å². The molecule has 53 heavy (non-hydrogen) atoms. The maximum atomic E-state index is 13.5. The van der Waals surface area contributed by atoms with Gasteiger partial charge in [0.1, 0.15) is 53.5 Å². The van der Waals surface area contributed by atoms with E-state index in [1.807, 2.05) is 97.1 Å². The first-order valence-corrected chi connectivity index (χ1v) is 17.8. The van der Waals surface area contributed by atoms with E-state index >= 15 is 0 Å². The summed E-state index contributed by atoms with van der Waals surface area (Å²) in [4.78, 5) is 28.6. The van der Waals surface area contributed by atoms with Crippen molar-refractivity contribution in [2.45, 2.75) is 91.5 Å². The summed E-state index contributed by atoms with van der Waals surface area (Å²) in [6.07, 6.45) is -0.430.